The number of carbonyl (C=O) groups is 1. The number of rotatable bonds is 9. The zero-order valence-electron chi connectivity index (χ0n) is 12.4. The Kier molecular flexibility index (Phi) is 7.50. The molecule has 0 aliphatic rings. The van der Waals surface area contributed by atoms with Crippen molar-refractivity contribution >= 4 is 5.97 Å². The van der Waals surface area contributed by atoms with Gasteiger partial charge < -0.3 is 19.1 Å². The van der Waals surface area contributed by atoms with Gasteiger partial charge in [0.2, 0.25) is 0 Å². The van der Waals surface area contributed by atoms with Crippen LogP contribution >= 0.6 is 0 Å². The van der Waals surface area contributed by atoms with E-state index in [1.165, 1.54) is 7.11 Å². The summed E-state index contributed by atoms with van der Waals surface area (Å²) in [6.45, 7) is 2.21. The van der Waals surface area contributed by atoms with E-state index in [1.807, 2.05) is 31.3 Å². The van der Waals surface area contributed by atoms with E-state index in [0.717, 1.165) is 31.0 Å². The summed E-state index contributed by atoms with van der Waals surface area (Å²) in [6, 6.07) is 7.58. The van der Waals surface area contributed by atoms with E-state index in [-0.39, 0.29) is 5.97 Å². The normalized spacial score (nSPS) is 10.4. The molecule has 112 valence electrons. The van der Waals surface area contributed by atoms with Gasteiger partial charge >= 0.3 is 5.97 Å². The molecule has 0 N–H and O–H groups in total. The van der Waals surface area contributed by atoms with Crippen molar-refractivity contribution in [1.29, 1.82) is 0 Å². The molecule has 0 aromatic heterocycles. The number of para-hydroxylation sites is 2. The predicted molar refractivity (Wildman–Crippen MR) is 77.2 cm³/mol. The van der Waals surface area contributed by atoms with Gasteiger partial charge in [0.05, 0.1) is 14.2 Å². The van der Waals surface area contributed by atoms with Crippen LogP contribution in [0.15, 0.2) is 24.3 Å². The molecule has 5 heteroatoms. The number of hydrogen-bond acceptors (Lipinski definition) is 5. The van der Waals surface area contributed by atoms with E-state index in [2.05, 4.69) is 9.64 Å². The molecule has 0 bridgehead atoms. The SMILES string of the molecule is COC(=O)CCCN(C)CCOc1ccccc1OC. The van der Waals surface area contributed by atoms with Crippen LogP contribution in [0.3, 0.4) is 0 Å². The number of methoxy groups -OCH3 is 2. The third-order valence-electron chi connectivity index (χ3n) is 2.95. The van der Waals surface area contributed by atoms with Gasteiger partial charge in [-0.05, 0) is 32.1 Å². The van der Waals surface area contributed by atoms with Crippen molar-refractivity contribution < 1.29 is 19.0 Å². The summed E-state index contributed by atoms with van der Waals surface area (Å²) in [4.78, 5) is 13.1. The van der Waals surface area contributed by atoms with Crippen molar-refractivity contribution in [2.45, 2.75) is 12.8 Å². The quantitative estimate of drug-likeness (QED) is 0.648. The first-order valence-corrected chi connectivity index (χ1v) is 6.68. The second-order valence-electron chi connectivity index (χ2n) is 4.48. The van der Waals surface area contributed by atoms with Crippen molar-refractivity contribution in [2.24, 2.45) is 0 Å². The Labute approximate surface area is 120 Å². The predicted octanol–water partition coefficient (Wildman–Crippen LogP) is 1.96. The lowest BCUT2D eigenvalue weighted by atomic mass is 10.3. The summed E-state index contributed by atoms with van der Waals surface area (Å²) < 4.78 is 15.5. The van der Waals surface area contributed by atoms with Gasteiger partial charge in [-0.25, -0.2) is 0 Å². The lowest BCUT2D eigenvalue weighted by molar-refractivity contribution is -0.140. The van der Waals surface area contributed by atoms with Crippen molar-refractivity contribution in [3.8, 4) is 11.5 Å². The van der Waals surface area contributed by atoms with E-state index >= 15 is 0 Å². The average Bonchev–Trinajstić information content (AvgIpc) is 2.47. The molecule has 0 spiro atoms. The lowest BCUT2D eigenvalue weighted by Crippen LogP contribution is -2.25. The van der Waals surface area contributed by atoms with Crippen LogP contribution in [0.4, 0.5) is 0 Å². The summed E-state index contributed by atoms with van der Waals surface area (Å²) in [7, 11) is 5.04. The van der Waals surface area contributed by atoms with Crippen molar-refractivity contribution in [2.75, 3.05) is 41.0 Å². The molecule has 0 saturated heterocycles. The molecule has 0 heterocycles. The fourth-order valence-corrected chi connectivity index (χ4v) is 1.76. The number of benzene rings is 1. The van der Waals surface area contributed by atoms with Gasteiger partial charge in [0.15, 0.2) is 11.5 Å². The maximum Gasteiger partial charge on any atom is 0.305 e. The summed E-state index contributed by atoms with van der Waals surface area (Å²) in [5.74, 6) is 1.32. The molecule has 0 fully saturated rings. The molecule has 1 rings (SSSR count). The Hall–Kier alpha value is -1.75. The molecule has 0 unspecified atom stereocenters. The average molecular weight is 281 g/mol. The smallest absolute Gasteiger partial charge is 0.305 e. The van der Waals surface area contributed by atoms with Crippen LogP contribution in [-0.2, 0) is 9.53 Å². The second kappa shape index (κ2) is 9.20. The molecule has 0 aliphatic heterocycles. The molecule has 0 saturated carbocycles. The largest absolute Gasteiger partial charge is 0.493 e. The molecule has 0 aliphatic carbocycles. The third-order valence-corrected chi connectivity index (χ3v) is 2.95. The Bertz CT molecular complexity index is 409. The highest BCUT2D eigenvalue weighted by Gasteiger charge is 2.05. The maximum absolute atomic E-state index is 11.0. The molecule has 1 aromatic carbocycles. The number of hydrogen-bond donors (Lipinski definition) is 0. The highest BCUT2D eigenvalue weighted by molar-refractivity contribution is 5.69. The van der Waals surface area contributed by atoms with E-state index in [0.29, 0.717) is 13.0 Å². The fourth-order valence-electron chi connectivity index (χ4n) is 1.76. The molecule has 0 radical (unpaired) electrons. The first-order chi connectivity index (χ1) is 9.67. The van der Waals surface area contributed by atoms with Crippen molar-refractivity contribution in [3.05, 3.63) is 24.3 Å². The first kappa shape index (κ1) is 16.3. The van der Waals surface area contributed by atoms with Crippen LogP contribution in [0.1, 0.15) is 12.8 Å². The van der Waals surface area contributed by atoms with Crippen LogP contribution in [0, 0.1) is 0 Å². The van der Waals surface area contributed by atoms with Gasteiger partial charge in [0.25, 0.3) is 0 Å². The van der Waals surface area contributed by atoms with Crippen molar-refractivity contribution in [3.63, 3.8) is 0 Å². The van der Waals surface area contributed by atoms with Crippen LogP contribution in [0.25, 0.3) is 0 Å². The molecule has 5 nitrogen and oxygen atoms in total. The summed E-state index contributed by atoms with van der Waals surface area (Å²) in [6.07, 6.45) is 1.24. The highest BCUT2D eigenvalue weighted by Crippen LogP contribution is 2.25. The van der Waals surface area contributed by atoms with Crippen LogP contribution in [0.2, 0.25) is 0 Å². The summed E-state index contributed by atoms with van der Waals surface area (Å²) in [5, 5.41) is 0. The second-order valence-corrected chi connectivity index (χ2v) is 4.48. The standard InChI is InChI=1S/C15H23NO4/c1-16(10-6-9-15(17)19-3)11-12-20-14-8-5-4-7-13(14)18-2/h4-5,7-8H,6,9-12H2,1-3H3. The Balaban J connectivity index is 2.21. The topological polar surface area (TPSA) is 48.0 Å². The minimum absolute atomic E-state index is 0.163. The van der Waals surface area contributed by atoms with Gasteiger partial charge in [-0.1, -0.05) is 12.1 Å². The Morgan fingerprint density at radius 3 is 2.50 bits per heavy atom. The zero-order valence-corrected chi connectivity index (χ0v) is 12.4. The van der Waals surface area contributed by atoms with E-state index in [4.69, 9.17) is 9.47 Å². The molecule has 20 heavy (non-hydrogen) atoms. The molecule has 0 atom stereocenters. The van der Waals surface area contributed by atoms with Gasteiger partial charge in [0.1, 0.15) is 6.61 Å². The van der Waals surface area contributed by atoms with Crippen LogP contribution in [0.5, 0.6) is 11.5 Å². The molecule has 1 aromatic rings. The van der Waals surface area contributed by atoms with E-state index in [9.17, 15) is 4.79 Å². The molecular weight excluding hydrogens is 258 g/mol. The van der Waals surface area contributed by atoms with E-state index < -0.39 is 0 Å². The minimum Gasteiger partial charge on any atom is -0.493 e. The van der Waals surface area contributed by atoms with Crippen LogP contribution in [-0.4, -0.2) is 51.8 Å². The molecule has 0 amide bonds. The maximum atomic E-state index is 11.0. The summed E-state index contributed by atoms with van der Waals surface area (Å²) >= 11 is 0. The zero-order chi connectivity index (χ0) is 14.8. The van der Waals surface area contributed by atoms with Crippen LogP contribution < -0.4 is 9.47 Å². The van der Waals surface area contributed by atoms with Gasteiger partial charge in [0, 0.05) is 13.0 Å². The van der Waals surface area contributed by atoms with Gasteiger partial charge in [-0.15, -0.1) is 0 Å². The number of carbonyl (C=O) groups excluding carboxylic acids is 1. The monoisotopic (exact) mass is 281 g/mol. The van der Waals surface area contributed by atoms with E-state index in [1.54, 1.807) is 7.11 Å². The first-order valence-electron chi connectivity index (χ1n) is 6.68. The third kappa shape index (κ3) is 5.93. The number of likely N-dealkylation sites (N-methyl/N-ethyl adjacent to an activating group) is 1. The number of esters is 1. The van der Waals surface area contributed by atoms with Gasteiger partial charge in [-0.2, -0.15) is 0 Å². The minimum atomic E-state index is -0.163. The fraction of sp³-hybridized carbons (Fsp3) is 0.533. The summed E-state index contributed by atoms with van der Waals surface area (Å²) in [5.41, 5.74) is 0. The van der Waals surface area contributed by atoms with Gasteiger partial charge in [-0.3, -0.25) is 4.79 Å². The number of nitrogens with zero attached hydrogens (tertiary/aromatic N) is 1. The lowest BCUT2D eigenvalue weighted by Gasteiger charge is -2.17. The highest BCUT2D eigenvalue weighted by atomic mass is 16.5. The Morgan fingerprint density at radius 2 is 1.85 bits per heavy atom. The number of ether oxygens (including phenoxy) is 3. The molecular formula is C15H23NO4. The van der Waals surface area contributed by atoms with Crippen molar-refractivity contribution in [1.82, 2.24) is 4.90 Å². The Morgan fingerprint density at radius 1 is 1.15 bits per heavy atom.